The molecule has 8 nitrogen and oxygen atoms in total. The van der Waals surface area contributed by atoms with Gasteiger partial charge in [-0.3, -0.25) is 14.9 Å². The van der Waals surface area contributed by atoms with Crippen molar-refractivity contribution in [3.05, 3.63) is 63.7 Å². The highest BCUT2D eigenvalue weighted by Gasteiger charge is 2.17. The number of hydrogen-bond donors (Lipinski definition) is 1. The molecular formula is C22H25N5O3S. The Balaban J connectivity index is 1.76. The monoisotopic (exact) mass is 439 g/mol. The molecule has 0 unspecified atom stereocenters. The van der Waals surface area contributed by atoms with E-state index in [4.69, 9.17) is 0 Å². The van der Waals surface area contributed by atoms with Gasteiger partial charge in [-0.25, -0.2) is 0 Å². The topological polar surface area (TPSA) is 103 Å². The van der Waals surface area contributed by atoms with Gasteiger partial charge in [0.15, 0.2) is 11.0 Å². The molecule has 0 saturated heterocycles. The van der Waals surface area contributed by atoms with Crippen molar-refractivity contribution in [2.75, 3.05) is 11.1 Å². The number of aromatic nitrogens is 3. The summed E-state index contributed by atoms with van der Waals surface area (Å²) in [4.78, 5) is 23.3. The number of rotatable bonds is 9. The van der Waals surface area contributed by atoms with Crippen molar-refractivity contribution in [2.24, 2.45) is 0 Å². The predicted octanol–water partition coefficient (Wildman–Crippen LogP) is 4.73. The Morgan fingerprint density at radius 1 is 1.10 bits per heavy atom. The second-order valence-corrected chi connectivity index (χ2v) is 7.80. The summed E-state index contributed by atoms with van der Waals surface area (Å²) in [6, 6.07) is 12.4. The molecular weight excluding hydrogens is 414 g/mol. The molecule has 0 saturated carbocycles. The van der Waals surface area contributed by atoms with Crippen LogP contribution >= 0.6 is 11.8 Å². The molecule has 0 radical (unpaired) electrons. The van der Waals surface area contributed by atoms with E-state index < -0.39 is 4.92 Å². The van der Waals surface area contributed by atoms with Crippen LogP contribution in [-0.2, 0) is 24.2 Å². The molecule has 1 amide bonds. The Hall–Kier alpha value is -3.20. The van der Waals surface area contributed by atoms with Crippen molar-refractivity contribution in [1.82, 2.24) is 14.8 Å². The number of hydrogen-bond acceptors (Lipinski definition) is 6. The first kappa shape index (κ1) is 22.5. The normalized spacial score (nSPS) is 10.8. The third-order valence-electron chi connectivity index (χ3n) is 4.94. The minimum atomic E-state index is -0.436. The molecule has 0 bridgehead atoms. The molecule has 0 fully saturated rings. The summed E-state index contributed by atoms with van der Waals surface area (Å²) in [7, 11) is 0. The molecule has 1 N–H and O–H groups in total. The van der Waals surface area contributed by atoms with E-state index >= 15 is 0 Å². The quantitative estimate of drug-likeness (QED) is 0.294. The predicted molar refractivity (Wildman–Crippen MR) is 122 cm³/mol. The van der Waals surface area contributed by atoms with Crippen LogP contribution in [0.1, 0.15) is 31.9 Å². The van der Waals surface area contributed by atoms with E-state index in [0.29, 0.717) is 23.1 Å². The molecule has 9 heteroatoms. The molecule has 1 aromatic heterocycles. The molecule has 3 aromatic rings. The van der Waals surface area contributed by atoms with Crippen molar-refractivity contribution in [3.63, 3.8) is 0 Å². The maximum Gasteiger partial charge on any atom is 0.270 e. The zero-order chi connectivity index (χ0) is 22.4. The lowest BCUT2D eigenvalue weighted by Crippen LogP contribution is -2.17. The number of nitro groups is 1. The maximum absolute atomic E-state index is 12.7. The van der Waals surface area contributed by atoms with Gasteiger partial charge in [0, 0.05) is 29.9 Å². The Morgan fingerprint density at radius 3 is 2.39 bits per heavy atom. The van der Waals surface area contributed by atoms with Crippen molar-refractivity contribution >= 4 is 29.0 Å². The summed E-state index contributed by atoms with van der Waals surface area (Å²) < 4.78 is 1.86. The van der Waals surface area contributed by atoms with Crippen LogP contribution in [0.25, 0.3) is 11.4 Å². The van der Waals surface area contributed by atoms with Crippen LogP contribution in [-0.4, -0.2) is 31.3 Å². The Labute approximate surface area is 185 Å². The number of carbonyl (C=O) groups is 1. The highest BCUT2D eigenvalue weighted by molar-refractivity contribution is 7.99. The van der Waals surface area contributed by atoms with Gasteiger partial charge in [-0.2, -0.15) is 0 Å². The standard InChI is InChI=1S/C22H25N5O3S/c1-4-15-9-7-10-16(5-2)20(15)23-19(28)14-31-22-25-24-21(26(22)6-3)17-11-8-12-18(13-17)27(29)30/h7-13H,4-6,14H2,1-3H3,(H,23,28). The van der Waals surface area contributed by atoms with E-state index in [1.807, 2.05) is 29.7 Å². The van der Waals surface area contributed by atoms with Gasteiger partial charge in [0.25, 0.3) is 5.69 Å². The smallest absolute Gasteiger partial charge is 0.270 e. The molecule has 2 aromatic carbocycles. The fourth-order valence-corrected chi connectivity index (χ4v) is 4.16. The maximum atomic E-state index is 12.7. The van der Waals surface area contributed by atoms with Gasteiger partial charge >= 0.3 is 0 Å². The van der Waals surface area contributed by atoms with Crippen molar-refractivity contribution in [3.8, 4) is 11.4 Å². The molecule has 0 aliphatic carbocycles. The van der Waals surface area contributed by atoms with Crippen LogP contribution < -0.4 is 5.32 Å². The average Bonchev–Trinajstić information content (AvgIpc) is 3.20. The lowest BCUT2D eigenvalue weighted by atomic mass is 10.0. The highest BCUT2D eigenvalue weighted by Crippen LogP contribution is 2.27. The number of benzene rings is 2. The minimum Gasteiger partial charge on any atom is -0.325 e. The molecule has 0 spiro atoms. The molecule has 31 heavy (non-hydrogen) atoms. The van der Waals surface area contributed by atoms with E-state index in [0.717, 1.165) is 29.7 Å². The van der Waals surface area contributed by atoms with Gasteiger partial charge in [-0.05, 0) is 30.9 Å². The highest BCUT2D eigenvalue weighted by atomic mass is 32.2. The molecule has 0 atom stereocenters. The third-order valence-corrected chi connectivity index (χ3v) is 5.91. The average molecular weight is 440 g/mol. The summed E-state index contributed by atoms with van der Waals surface area (Å²) in [5.41, 5.74) is 3.74. The summed E-state index contributed by atoms with van der Waals surface area (Å²) in [5, 5.41) is 23.2. The summed E-state index contributed by atoms with van der Waals surface area (Å²) in [6.45, 7) is 6.66. The molecule has 162 valence electrons. The first-order valence-corrected chi connectivity index (χ1v) is 11.2. The Morgan fingerprint density at radius 2 is 1.77 bits per heavy atom. The number of nitrogens with zero attached hydrogens (tertiary/aromatic N) is 4. The number of thioether (sulfide) groups is 1. The van der Waals surface area contributed by atoms with Crippen molar-refractivity contribution in [1.29, 1.82) is 0 Å². The number of carbonyl (C=O) groups excluding carboxylic acids is 1. The largest absolute Gasteiger partial charge is 0.325 e. The zero-order valence-electron chi connectivity index (χ0n) is 17.8. The zero-order valence-corrected chi connectivity index (χ0v) is 18.6. The van der Waals surface area contributed by atoms with Crippen LogP contribution in [0.4, 0.5) is 11.4 Å². The first-order chi connectivity index (χ1) is 15.0. The Bertz CT molecular complexity index is 1070. The fraction of sp³-hybridized carbons (Fsp3) is 0.318. The van der Waals surface area contributed by atoms with Crippen LogP contribution in [0, 0.1) is 10.1 Å². The van der Waals surface area contributed by atoms with Gasteiger partial charge in [-0.1, -0.05) is 55.9 Å². The number of nitrogens with one attached hydrogen (secondary N) is 1. The van der Waals surface area contributed by atoms with E-state index in [1.54, 1.807) is 12.1 Å². The molecule has 0 aliphatic rings. The SMILES string of the molecule is CCc1cccc(CC)c1NC(=O)CSc1nnc(-c2cccc([N+](=O)[O-])c2)n1CC. The van der Waals surface area contributed by atoms with Crippen molar-refractivity contribution < 1.29 is 9.72 Å². The van der Waals surface area contributed by atoms with E-state index in [2.05, 4.69) is 29.4 Å². The van der Waals surface area contributed by atoms with E-state index in [-0.39, 0.29) is 17.3 Å². The van der Waals surface area contributed by atoms with Gasteiger partial charge in [0.2, 0.25) is 5.91 Å². The van der Waals surface area contributed by atoms with Gasteiger partial charge in [0.05, 0.1) is 10.7 Å². The van der Waals surface area contributed by atoms with E-state index in [9.17, 15) is 14.9 Å². The fourth-order valence-electron chi connectivity index (χ4n) is 3.36. The second-order valence-electron chi connectivity index (χ2n) is 6.85. The number of nitro benzene ring substituents is 1. The van der Waals surface area contributed by atoms with E-state index in [1.165, 1.54) is 23.9 Å². The van der Waals surface area contributed by atoms with Gasteiger partial charge in [-0.15, -0.1) is 10.2 Å². The van der Waals surface area contributed by atoms with Crippen LogP contribution in [0.3, 0.4) is 0 Å². The summed E-state index contributed by atoms with van der Waals surface area (Å²) >= 11 is 1.30. The van der Waals surface area contributed by atoms with Crippen LogP contribution in [0.5, 0.6) is 0 Å². The number of anilines is 1. The number of para-hydroxylation sites is 1. The first-order valence-electron chi connectivity index (χ1n) is 10.2. The lowest BCUT2D eigenvalue weighted by Gasteiger charge is -2.14. The minimum absolute atomic E-state index is 0.00180. The van der Waals surface area contributed by atoms with Gasteiger partial charge < -0.3 is 9.88 Å². The summed E-state index contributed by atoms with van der Waals surface area (Å²) in [6.07, 6.45) is 1.68. The lowest BCUT2D eigenvalue weighted by molar-refractivity contribution is -0.384. The van der Waals surface area contributed by atoms with Gasteiger partial charge in [0.1, 0.15) is 0 Å². The van der Waals surface area contributed by atoms with Crippen molar-refractivity contribution in [2.45, 2.75) is 45.3 Å². The van der Waals surface area contributed by atoms with Crippen LogP contribution in [0.2, 0.25) is 0 Å². The molecule has 1 heterocycles. The third kappa shape index (κ3) is 5.11. The molecule has 3 rings (SSSR count). The number of non-ortho nitro benzene ring substituents is 1. The summed E-state index contributed by atoms with van der Waals surface area (Å²) in [5.74, 6) is 0.621. The van der Waals surface area contributed by atoms with Crippen LogP contribution in [0.15, 0.2) is 47.6 Å². The number of amides is 1. The number of aryl methyl sites for hydroxylation is 2. The molecule has 0 aliphatic heterocycles. The Kier molecular flexibility index (Phi) is 7.41. The second kappa shape index (κ2) is 10.2.